The van der Waals surface area contributed by atoms with Crippen molar-refractivity contribution in [1.29, 1.82) is 0 Å². The summed E-state index contributed by atoms with van der Waals surface area (Å²) in [6.07, 6.45) is 2.49. The highest BCUT2D eigenvalue weighted by Gasteiger charge is 2.29. The molecule has 1 fully saturated rings. The second-order valence-electron chi connectivity index (χ2n) is 7.85. The first kappa shape index (κ1) is 20.3. The van der Waals surface area contributed by atoms with E-state index in [1.807, 2.05) is 39.0 Å². The zero-order chi connectivity index (χ0) is 20.5. The van der Waals surface area contributed by atoms with Gasteiger partial charge >= 0.3 is 11.8 Å². The van der Waals surface area contributed by atoms with E-state index in [-0.39, 0.29) is 17.8 Å². The van der Waals surface area contributed by atoms with Crippen molar-refractivity contribution < 1.29 is 14.5 Å². The highest BCUT2D eigenvalue weighted by Crippen LogP contribution is 2.34. The zero-order valence-corrected chi connectivity index (χ0v) is 17.7. The van der Waals surface area contributed by atoms with Crippen LogP contribution in [0.4, 0.5) is 16.2 Å². The van der Waals surface area contributed by atoms with Crippen LogP contribution >= 0.6 is 15.9 Å². The lowest BCUT2D eigenvalue weighted by Crippen LogP contribution is -2.47. The Balaban J connectivity index is 1.87. The molecule has 1 atom stereocenters. The van der Waals surface area contributed by atoms with Gasteiger partial charge in [0.15, 0.2) is 0 Å². The Morgan fingerprint density at radius 3 is 2.86 bits per heavy atom. The number of benzene rings is 1. The molecule has 9 heteroatoms. The number of anilines is 1. The van der Waals surface area contributed by atoms with E-state index in [0.717, 1.165) is 17.3 Å². The molecule has 1 saturated heterocycles. The number of nitrogens with one attached hydrogen (secondary N) is 1. The number of pyridine rings is 1. The fourth-order valence-corrected chi connectivity index (χ4v) is 3.60. The van der Waals surface area contributed by atoms with Crippen molar-refractivity contribution >= 4 is 44.3 Å². The Morgan fingerprint density at radius 2 is 2.18 bits per heavy atom. The molecule has 1 unspecified atom stereocenters. The van der Waals surface area contributed by atoms with Crippen molar-refractivity contribution in [2.45, 2.75) is 45.3 Å². The SMILES string of the molecule is CC(C)(C)OC(=O)N1CCCC(Nc2c([N+](=O)[O-])cnc3ccc(Br)cc23)C1. The van der Waals surface area contributed by atoms with Crippen LogP contribution in [0.15, 0.2) is 28.9 Å². The van der Waals surface area contributed by atoms with Crippen LogP contribution in [0.2, 0.25) is 0 Å². The van der Waals surface area contributed by atoms with Gasteiger partial charge in [-0.05, 0) is 51.8 Å². The minimum Gasteiger partial charge on any atom is -0.444 e. The molecule has 0 spiro atoms. The number of nitro groups is 1. The average molecular weight is 451 g/mol. The van der Waals surface area contributed by atoms with E-state index in [1.165, 1.54) is 6.20 Å². The number of rotatable bonds is 3. The van der Waals surface area contributed by atoms with Gasteiger partial charge in [0.05, 0.1) is 10.4 Å². The average Bonchev–Trinajstić information content (AvgIpc) is 2.60. The summed E-state index contributed by atoms with van der Waals surface area (Å²) >= 11 is 3.42. The third kappa shape index (κ3) is 4.70. The van der Waals surface area contributed by atoms with Crippen LogP contribution in [-0.4, -0.2) is 45.6 Å². The highest BCUT2D eigenvalue weighted by atomic mass is 79.9. The van der Waals surface area contributed by atoms with E-state index in [0.29, 0.717) is 29.7 Å². The largest absolute Gasteiger partial charge is 0.444 e. The fourth-order valence-electron chi connectivity index (χ4n) is 3.24. The normalized spacial score (nSPS) is 17.4. The molecule has 0 radical (unpaired) electrons. The van der Waals surface area contributed by atoms with Crippen molar-refractivity contribution in [2.75, 3.05) is 18.4 Å². The molecular weight excluding hydrogens is 428 g/mol. The number of halogens is 1. The molecule has 1 aliphatic rings. The predicted octanol–water partition coefficient (Wildman–Crippen LogP) is 4.72. The van der Waals surface area contributed by atoms with Crippen molar-refractivity contribution in [3.05, 3.63) is 39.0 Å². The standard InChI is InChI=1S/C19H23BrN4O4/c1-19(2,3)28-18(25)23-8-4-5-13(11-23)22-17-14-9-12(20)6-7-15(14)21-10-16(17)24(26)27/h6-7,9-10,13H,4-5,8,11H2,1-3H3,(H,21,22). The van der Waals surface area contributed by atoms with Crippen molar-refractivity contribution in [2.24, 2.45) is 0 Å². The van der Waals surface area contributed by atoms with Gasteiger partial charge in [0.1, 0.15) is 17.5 Å². The van der Waals surface area contributed by atoms with Crippen LogP contribution in [0, 0.1) is 10.1 Å². The van der Waals surface area contributed by atoms with Gasteiger partial charge in [-0.15, -0.1) is 0 Å². The molecular formula is C19H23BrN4O4. The number of aromatic nitrogens is 1. The first-order valence-electron chi connectivity index (χ1n) is 9.11. The summed E-state index contributed by atoms with van der Waals surface area (Å²) in [4.78, 5) is 29.3. The molecule has 0 saturated carbocycles. The van der Waals surface area contributed by atoms with Crippen molar-refractivity contribution in [3.8, 4) is 0 Å². The highest BCUT2D eigenvalue weighted by molar-refractivity contribution is 9.10. The maximum Gasteiger partial charge on any atom is 0.410 e. The van der Waals surface area contributed by atoms with Crippen LogP contribution in [0.25, 0.3) is 10.9 Å². The second kappa shape index (κ2) is 7.90. The molecule has 8 nitrogen and oxygen atoms in total. The van der Waals surface area contributed by atoms with E-state index < -0.39 is 10.5 Å². The first-order valence-corrected chi connectivity index (χ1v) is 9.90. The maximum absolute atomic E-state index is 12.4. The molecule has 2 heterocycles. The van der Waals surface area contributed by atoms with Crippen LogP contribution in [0.3, 0.4) is 0 Å². The number of fused-ring (bicyclic) bond motifs is 1. The van der Waals surface area contributed by atoms with E-state index in [2.05, 4.69) is 26.2 Å². The Bertz CT molecular complexity index is 913. The summed E-state index contributed by atoms with van der Waals surface area (Å²) in [6.45, 7) is 6.51. The number of ether oxygens (including phenoxy) is 1. The van der Waals surface area contributed by atoms with Gasteiger partial charge < -0.3 is 15.0 Å². The molecule has 1 aromatic carbocycles. The molecule has 28 heavy (non-hydrogen) atoms. The van der Waals surface area contributed by atoms with Crippen LogP contribution < -0.4 is 5.32 Å². The summed E-state index contributed by atoms with van der Waals surface area (Å²) in [5.41, 5.74) is 0.438. The summed E-state index contributed by atoms with van der Waals surface area (Å²) in [7, 11) is 0. The van der Waals surface area contributed by atoms with Gasteiger partial charge in [0.2, 0.25) is 0 Å². The van der Waals surface area contributed by atoms with Gasteiger partial charge in [-0.25, -0.2) is 9.78 Å². The van der Waals surface area contributed by atoms with E-state index in [1.54, 1.807) is 4.90 Å². The number of amides is 1. The number of nitrogens with zero attached hydrogens (tertiary/aromatic N) is 3. The molecule has 1 amide bonds. The van der Waals surface area contributed by atoms with Gasteiger partial charge in [-0.1, -0.05) is 15.9 Å². The number of hydrogen-bond acceptors (Lipinski definition) is 6. The van der Waals surface area contributed by atoms with Crippen LogP contribution in [-0.2, 0) is 4.74 Å². The minimum absolute atomic E-state index is 0.0833. The summed E-state index contributed by atoms with van der Waals surface area (Å²) < 4.78 is 6.27. The summed E-state index contributed by atoms with van der Waals surface area (Å²) in [6, 6.07) is 5.34. The molecule has 0 bridgehead atoms. The Kier molecular flexibility index (Phi) is 5.74. The smallest absolute Gasteiger partial charge is 0.410 e. The van der Waals surface area contributed by atoms with Crippen molar-refractivity contribution in [1.82, 2.24) is 9.88 Å². The Morgan fingerprint density at radius 1 is 1.43 bits per heavy atom. The molecule has 1 aromatic heterocycles. The van der Waals surface area contributed by atoms with Gasteiger partial charge in [-0.3, -0.25) is 10.1 Å². The monoisotopic (exact) mass is 450 g/mol. The van der Waals surface area contributed by atoms with E-state index in [9.17, 15) is 14.9 Å². The Labute approximate surface area is 171 Å². The maximum atomic E-state index is 12.4. The van der Waals surface area contributed by atoms with E-state index in [4.69, 9.17) is 4.74 Å². The van der Waals surface area contributed by atoms with Crippen LogP contribution in [0.5, 0.6) is 0 Å². The zero-order valence-electron chi connectivity index (χ0n) is 16.1. The number of carbonyl (C=O) groups excluding carboxylic acids is 1. The topological polar surface area (TPSA) is 97.6 Å². The lowest BCUT2D eigenvalue weighted by molar-refractivity contribution is -0.384. The second-order valence-corrected chi connectivity index (χ2v) is 8.76. The summed E-state index contributed by atoms with van der Waals surface area (Å²) in [5.74, 6) is 0. The molecule has 1 N–H and O–H groups in total. The predicted molar refractivity (Wildman–Crippen MR) is 111 cm³/mol. The van der Waals surface area contributed by atoms with E-state index >= 15 is 0 Å². The first-order chi connectivity index (χ1) is 13.1. The number of piperidine rings is 1. The lowest BCUT2D eigenvalue weighted by atomic mass is 10.0. The van der Waals surface area contributed by atoms with Gasteiger partial charge in [0, 0.05) is 29.0 Å². The van der Waals surface area contributed by atoms with Crippen LogP contribution in [0.1, 0.15) is 33.6 Å². The molecule has 2 aromatic rings. The third-order valence-electron chi connectivity index (χ3n) is 4.43. The number of hydrogen-bond donors (Lipinski definition) is 1. The van der Waals surface area contributed by atoms with Gasteiger partial charge in [-0.2, -0.15) is 0 Å². The number of likely N-dealkylation sites (tertiary alicyclic amines) is 1. The lowest BCUT2D eigenvalue weighted by Gasteiger charge is -2.34. The van der Waals surface area contributed by atoms with Crippen molar-refractivity contribution in [3.63, 3.8) is 0 Å². The van der Waals surface area contributed by atoms with Gasteiger partial charge in [0.25, 0.3) is 0 Å². The Hall–Kier alpha value is -2.42. The quantitative estimate of drug-likeness (QED) is 0.536. The summed E-state index contributed by atoms with van der Waals surface area (Å²) in [5, 5.41) is 15.5. The molecule has 0 aliphatic carbocycles. The number of carbonyl (C=O) groups is 1. The molecule has 3 rings (SSSR count). The fraction of sp³-hybridized carbons (Fsp3) is 0.474. The molecule has 150 valence electrons. The third-order valence-corrected chi connectivity index (χ3v) is 4.92. The minimum atomic E-state index is -0.566. The molecule has 1 aliphatic heterocycles.